The molecule has 6 nitrogen and oxygen atoms in total. The summed E-state index contributed by atoms with van der Waals surface area (Å²) in [6.45, 7) is 0.777. The van der Waals surface area contributed by atoms with Crippen LogP contribution in [0.2, 0.25) is 0 Å². The van der Waals surface area contributed by atoms with E-state index in [1.165, 1.54) is 0 Å². The van der Waals surface area contributed by atoms with Crippen molar-refractivity contribution in [1.29, 1.82) is 0 Å². The van der Waals surface area contributed by atoms with Crippen molar-refractivity contribution in [3.8, 4) is 5.75 Å². The molecule has 0 aromatic heterocycles. The predicted molar refractivity (Wildman–Crippen MR) is 122 cm³/mol. The van der Waals surface area contributed by atoms with E-state index >= 15 is 0 Å². The summed E-state index contributed by atoms with van der Waals surface area (Å²) in [5.41, 5.74) is 1.82. The molecule has 3 aromatic carbocycles. The van der Waals surface area contributed by atoms with Gasteiger partial charge in [-0.3, -0.25) is 4.79 Å². The highest BCUT2D eigenvalue weighted by Gasteiger charge is 2.39. The number of benzene rings is 3. The number of amides is 1. The molecule has 1 heterocycles. The van der Waals surface area contributed by atoms with Gasteiger partial charge in [0.25, 0.3) is 0 Å². The Labute approximate surface area is 197 Å². The Kier molecular flexibility index (Phi) is 7.23. The summed E-state index contributed by atoms with van der Waals surface area (Å²) in [5, 5.41) is 2.78. The molecule has 4 rings (SSSR count). The van der Waals surface area contributed by atoms with E-state index in [-0.39, 0.29) is 18.0 Å². The third kappa shape index (κ3) is 5.43. The summed E-state index contributed by atoms with van der Waals surface area (Å²) in [5.74, 6) is -2.04. The van der Waals surface area contributed by atoms with Crippen LogP contribution in [0.25, 0.3) is 0 Å². The molecule has 1 fully saturated rings. The highest BCUT2D eigenvalue weighted by molar-refractivity contribution is 7.89. The number of nitrogens with zero attached hydrogens (tertiary/aromatic N) is 1. The number of carbonyl (C=O) groups excluding carboxylic acids is 1. The van der Waals surface area contributed by atoms with Crippen LogP contribution in [0.5, 0.6) is 5.75 Å². The summed E-state index contributed by atoms with van der Waals surface area (Å²) < 4.78 is 59.4. The summed E-state index contributed by atoms with van der Waals surface area (Å²) >= 11 is 0. The Morgan fingerprint density at radius 1 is 0.971 bits per heavy atom. The van der Waals surface area contributed by atoms with Crippen LogP contribution in [0.1, 0.15) is 24.0 Å². The van der Waals surface area contributed by atoms with Gasteiger partial charge in [0.1, 0.15) is 18.4 Å². The number of rotatable bonds is 8. The second-order valence-electron chi connectivity index (χ2n) is 7.99. The van der Waals surface area contributed by atoms with Crippen molar-refractivity contribution in [3.05, 3.63) is 95.6 Å². The van der Waals surface area contributed by atoms with Gasteiger partial charge in [-0.25, -0.2) is 17.2 Å². The molecular formula is C25H24F2N2O4S. The van der Waals surface area contributed by atoms with Crippen molar-refractivity contribution in [2.45, 2.75) is 36.9 Å². The number of hydrogen-bond donors (Lipinski definition) is 1. The third-order valence-electron chi connectivity index (χ3n) is 5.64. The van der Waals surface area contributed by atoms with Crippen molar-refractivity contribution in [3.63, 3.8) is 0 Å². The SMILES string of the molecule is O=C(NCc1ccc(COc2ccccc2)cc1)[C@@H]1CCCN1S(=O)(=O)c1ccc(F)c(F)c1. The second kappa shape index (κ2) is 10.3. The van der Waals surface area contributed by atoms with E-state index in [1.54, 1.807) is 0 Å². The Bertz CT molecular complexity index is 1250. The predicted octanol–water partition coefficient (Wildman–Crippen LogP) is 4.01. The molecule has 3 aromatic rings. The maximum atomic E-state index is 13.6. The molecule has 1 amide bonds. The zero-order valence-electron chi connectivity index (χ0n) is 18.3. The van der Waals surface area contributed by atoms with Gasteiger partial charge in [-0.15, -0.1) is 0 Å². The molecule has 9 heteroatoms. The fraction of sp³-hybridized carbons (Fsp3) is 0.240. The second-order valence-corrected chi connectivity index (χ2v) is 9.88. The maximum absolute atomic E-state index is 13.6. The first kappa shape index (κ1) is 23.8. The zero-order valence-corrected chi connectivity index (χ0v) is 19.1. The van der Waals surface area contributed by atoms with Gasteiger partial charge in [-0.05, 0) is 54.3 Å². The highest BCUT2D eigenvalue weighted by Crippen LogP contribution is 2.27. The van der Waals surface area contributed by atoms with Crippen LogP contribution in [0, 0.1) is 11.6 Å². The average Bonchev–Trinajstić information content (AvgIpc) is 3.35. The maximum Gasteiger partial charge on any atom is 0.243 e. The van der Waals surface area contributed by atoms with Crippen LogP contribution in [-0.2, 0) is 28.0 Å². The minimum atomic E-state index is -4.14. The zero-order chi connectivity index (χ0) is 24.1. The average molecular weight is 487 g/mol. The number of carbonyl (C=O) groups is 1. The van der Waals surface area contributed by atoms with Gasteiger partial charge in [0.2, 0.25) is 15.9 Å². The number of ether oxygens (including phenoxy) is 1. The first-order chi connectivity index (χ1) is 16.3. The van der Waals surface area contributed by atoms with Gasteiger partial charge in [-0.2, -0.15) is 4.31 Å². The topological polar surface area (TPSA) is 75.7 Å². The number of para-hydroxylation sites is 1. The lowest BCUT2D eigenvalue weighted by atomic mass is 10.1. The van der Waals surface area contributed by atoms with Crippen LogP contribution in [-0.4, -0.2) is 31.2 Å². The molecule has 178 valence electrons. The normalized spacial score (nSPS) is 16.4. The number of sulfonamides is 1. The summed E-state index contributed by atoms with van der Waals surface area (Å²) in [7, 11) is -4.14. The van der Waals surface area contributed by atoms with E-state index in [0.29, 0.717) is 25.5 Å². The van der Waals surface area contributed by atoms with Crippen LogP contribution in [0.4, 0.5) is 8.78 Å². The van der Waals surface area contributed by atoms with Crippen molar-refractivity contribution < 1.29 is 26.7 Å². The van der Waals surface area contributed by atoms with Crippen LogP contribution in [0.15, 0.2) is 77.7 Å². The van der Waals surface area contributed by atoms with Gasteiger partial charge in [0, 0.05) is 13.1 Å². The lowest BCUT2D eigenvalue weighted by molar-refractivity contribution is -0.124. The fourth-order valence-electron chi connectivity index (χ4n) is 3.81. The highest BCUT2D eigenvalue weighted by atomic mass is 32.2. The Balaban J connectivity index is 1.35. The van der Waals surface area contributed by atoms with E-state index in [9.17, 15) is 22.0 Å². The fourth-order valence-corrected chi connectivity index (χ4v) is 5.48. The Morgan fingerprint density at radius 3 is 2.38 bits per heavy atom. The third-order valence-corrected chi connectivity index (χ3v) is 7.55. The lowest BCUT2D eigenvalue weighted by Crippen LogP contribution is -2.45. The molecule has 0 aliphatic carbocycles. The quantitative estimate of drug-likeness (QED) is 0.522. The van der Waals surface area contributed by atoms with Crippen LogP contribution < -0.4 is 10.1 Å². The molecule has 0 spiro atoms. The van der Waals surface area contributed by atoms with E-state index in [1.807, 2.05) is 54.6 Å². The van der Waals surface area contributed by atoms with Crippen LogP contribution in [0.3, 0.4) is 0 Å². The minimum Gasteiger partial charge on any atom is -0.489 e. The Hall–Kier alpha value is -3.30. The molecule has 1 saturated heterocycles. The molecule has 0 unspecified atom stereocenters. The van der Waals surface area contributed by atoms with Crippen molar-refractivity contribution >= 4 is 15.9 Å². The number of nitrogens with one attached hydrogen (secondary N) is 1. The summed E-state index contributed by atoms with van der Waals surface area (Å²) in [4.78, 5) is 12.4. The van der Waals surface area contributed by atoms with E-state index in [4.69, 9.17) is 4.74 Å². The molecule has 1 atom stereocenters. The monoisotopic (exact) mass is 486 g/mol. The first-order valence-electron chi connectivity index (χ1n) is 10.8. The largest absolute Gasteiger partial charge is 0.489 e. The smallest absolute Gasteiger partial charge is 0.243 e. The van der Waals surface area contributed by atoms with Crippen molar-refractivity contribution in [2.75, 3.05) is 6.54 Å². The molecular weight excluding hydrogens is 462 g/mol. The van der Waals surface area contributed by atoms with Crippen molar-refractivity contribution in [1.82, 2.24) is 9.62 Å². The summed E-state index contributed by atoms with van der Waals surface area (Å²) in [6, 6.07) is 18.5. The van der Waals surface area contributed by atoms with Gasteiger partial charge in [0.05, 0.1) is 4.90 Å². The van der Waals surface area contributed by atoms with Crippen LogP contribution >= 0.6 is 0 Å². The molecule has 0 saturated carbocycles. The molecule has 34 heavy (non-hydrogen) atoms. The minimum absolute atomic E-state index is 0.134. The van der Waals surface area contributed by atoms with E-state index < -0.39 is 33.6 Å². The van der Waals surface area contributed by atoms with E-state index in [0.717, 1.165) is 33.3 Å². The summed E-state index contributed by atoms with van der Waals surface area (Å²) in [6.07, 6.45) is 0.849. The molecule has 1 N–H and O–H groups in total. The van der Waals surface area contributed by atoms with Gasteiger partial charge < -0.3 is 10.1 Å². The molecule has 1 aliphatic heterocycles. The Morgan fingerprint density at radius 2 is 1.68 bits per heavy atom. The lowest BCUT2D eigenvalue weighted by Gasteiger charge is -2.23. The van der Waals surface area contributed by atoms with Gasteiger partial charge in [-0.1, -0.05) is 42.5 Å². The number of halogens is 2. The first-order valence-corrected chi connectivity index (χ1v) is 12.3. The molecule has 0 bridgehead atoms. The molecule has 1 aliphatic rings. The number of hydrogen-bond acceptors (Lipinski definition) is 4. The van der Waals surface area contributed by atoms with E-state index in [2.05, 4.69) is 5.32 Å². The van der Waals surface area contributed by atoms with Gasteiger partial charge >= 0.3 is 0 Å². The standard InChI is InChI=1S/C25H24F2N2O4S/c26-22-13-12-21(15-23(22)27)34(31,32)29-14-4-7-24(29)25(30)28-16-18-8-10-19(11-9-18)17-33-20-5-2-1-3-6-20/h1-3,5-6,8-13,15,24H,4,7,14,16-17H2,(H,28,30)/t24-/m0/s1. The van der Waals surface area contributed by atoms with Gasteiger partial charge in [0.15, 0.2) is 11.6 Å². The van der Waals surface area contributed by atoms with Crippen molar-refractivity contribution in [2.24, 2.45) is 0 Å². The molecule has 0 radical (unpaired) electrons.